The Kier molecular flexibility index (Phi) is 6.69. The van der Waals surface area contributed by atoms with E-state index >= 15 is 0 Å². The third-order valence-corrected chi connectivity index (χ3v) is 2.52. The first-order chi connectivity index (χ1) is 9.63. The summed E-state index contributed by atoms with van der Waals surface area (Å²) in [5.74, 6) is 4.66. The molecule has 3 N–H and O–H groups in total. The minimum absolute atomic E-state index is 0.166. The third-order valence-electron chi connectivity index (χ3n) is 2.52. The molecule has 0 aromatic heterocycles. The molecule has 0 heterocycles. The van der Waals surface area contributed by atoms with E-state index in [1.54, 1.807) is 0 Å². The Balaban J connectivity index is 2.36. The van der Waals surface area contributed by atoms with Crippen LogP contribution in [0.25, 0.3) is 0 Å². The zero-order valence-electron chi connectivity index (χ0n) is 11.3. The summed E-state index contributed by atoms with van der Waals surface area (Å²) in [6.45, 7) is 2.03. The highest BCUT2D eigenvalue weighted by molar-refractivity contribution is 5.82. The van der Waals surface area contributed by atoms with Gasteiger partial charge in [-0.3, -0.25) is 0 Å². The predicted octanol–water partition coefficient (Wildman–Crippen LogP) is 1.59. The van der Waals surface area contributed by atoms with Crippen LogP contribution in [0, 0.1) is 11.8 Å². The zero-order chi connectivity index (χ0) is 14.8. The maximum Gasteiger partial charge on any atom is 0.326 e. The molecule has 0 saturated carbocycles. The molecule has 1 atom stereocenters. The summed E-state index contributed by atoms with van der Waals surface area (Å²) >= 11 is 0. The summed E-state index contributed by atoms with van der Waals surface area (Å²) < 4.78 is 0. The molecule has 0 aliphatic rings. The average Bonchev–Trinajstić information content (AvgIpc) is 2.44. The van der Waals surface area contributed by atoms with Crippen LogP contribution in [0.4, 0.5) is 4.79 Å². The molecule has 1 aromatic rings. The molecule has 2 amide bonds. The molecule has 0 saturated heterocycles. The number of carbonyl (C=O) groups excluding carboxylic acids is 1. The van der Waals surface area contributed by atoms with E-state index in [2.05, 4.69) is 22.5 Å². The lowest BCUT2D eigenvalue weighted by atomic mass is 10.2. The summed E-state index contributed by atoms with van der Waals surface area (Å²) in [5, 5.41) is 13.8. The number of benzene rings is 1. The van der Waals surface area contributed by atoms with Gasteiger partial charge in [0.25, 0.3) is 0 Å². The number of urea groups is 1. The fourth-order valence-corrected chi connectivity index (χ4v) is 1.55. The van der Waals surface area contributed by atoms with E-state index in [1.165, 1.54) is 0 Å². The molecular formula is C15H18N2O3. The first-order valence-corrected chi connectivity index (χ1v) is 6.44. The highest BCUT2D eigenvalue weighted by Crippen LogP contribution is 1.96. The fourth-order valence-electron chi connectivity index (χ4n) is 1.55. The maximum atomic E-state index is 11.5. The van der Waals surface area contributed by atoms with Crippen molar-refractivity contribution in [3.63, 3.8) is 0 Å². The van der Waals surface area contributed by atoms with Gasteiger partial charge in [0.1, 0.15) is 6.04 Å². The third kappa shape index (κ3) is 5.91. The van der Waals surface area contributed by atoms with Gasteiger partial charge in [-0.1, -0.05) is 43.4 Å². The average molecular weight is 274 g/mol. The van der Waals surface area contributed by atoms with Crippen LogP contribution in [0.1, 0.15) is 25.3 Å². The number of hydrogen-bond acceptors (Lipinski definition) is 2. The van der Waals surface area contributed by atoms with Gasteiger partial charge in [-0.05, 0) is 18.6 Å². The molecule has 5 heteroatoms. The van der Waals surface area contributed by atoms with Gasteiger partial charge in [0.05, 0.1) is 6.54 Å². The molecule has 1 rings (SSSR count). The molecule has 5 nitrogen and oxygen atoms in total. The van der Waals surface area contributed by atoms with E-state index in [9.17, 15) is 9.59 Å². The van der Waals surface area contributed by atoms with Crippen molar-refractivity contribution in [1.29, 1.82) is 0 Å². The lowest BCUT2D eigenvalue weighted by Gasteiger charge is -2.13. The number of carbonyl (C=O) groups is 2. The van der Waals surface area contributed by atoms with Gasteiger partial charge in [0.15, 0.2) is 0 Å². The largest absolute Gasteiger partial charge is 0.480 e. The Hall–Kier alpha value is -2.48. The van der Waals surface area contributed by atoms with Gasteiger partial charge in [0.2, 0.25) is 0 Å². The molecular weight excluding hydrogens is 256 g/mol. The fraction of sp³-hybridized carbons (Fsp3) is 0.333. The molecule has 20 heavy (non-hydrogen) atoms. The van der Waals surface area contributed by atoms with Crippen LogP contribution in [0.2, 0.25) is 0 Å². The van der Waals surface area contributed by atoms with Crippen LogP contribution < -0.4 is 10.6 Å². The molecule has 0 aliphatic heterocycles. The lowest BCUT2D eigenvalue weighted by molar-refractivity contribution is -0.139. The predicted molar refractivity (Wildman–Crippen MR) is 76.2 cm³/mol. The lowest BCUT2D eigenvalue weighted by Crippen LogP contribution is -2.46. The number of amides is 2. The number of rotatable bonds is 5. The van der Waals surface area contributed by atoms with Crippen LogP contribution in [0.5, 0.6) is 0 Å². The number of nitrogens with one attached hydrogen (secondary N) is 2. The highest BCUT2D eigenvalue weighted by atomic mass is 16.4. The molecule has 0 fully saturated rings. The Morgan fingerprint density at radius 2 is 2.00 bits per heavy atom. The number of hydrogen-bond donors (Lipinski definition) is 3. The van der Waals surface area contributed by atoms with Crippen LogP contribution in [0.3, 0.4) is 0 Å². The molecule has 0 bridgehead atoms. The van der Waals surface area contributed by atoms with Crippen molar-refractivity contribution in [2.75, 3.05) is 6.54 Å². The van der Waals surface area contributed by atoms with Gasteiger partial charge < -0.3 is 15.7 Å². The summed E-state index contributed by atoms with van der Waals surface area (Å²) in [5.41, 5.74) is 0.865. The van der Waals surface area contributed by atoms with Gasteiger partial charge in [0, 0.05) is 5.56 Å². The normalized spacial score (nSPS) is 10.8. The van der Waals surface area contributed by atoms with E-state index in [0.29, 0.717) is 12.8 Å². The molecule has 0 spiro atoms. The molecule has 1 aromatic carbocycles. The van der Waals surface area contributed by atoms with Crippen LogP contribution in [-0.2, 0) is 4.79 Å². The monoisotopic (exact) mass is 274 g/mol. The second kappa shape index (κ2) is 8.59. The van der Waals surface area contributed by atoms with E-state index in [-0.39, 0.29) is 6.54 Å². The highest BCUT2D eigenvalue weighted by Gasteiger charge is 2.17. The van der Waals surface area contributed by atoms with Crippen LogP contribution >= 0.6 is 0 Å². The molecule has 0 aliphatic carbocycles. The van der Waals surface area contributed by atoms with Crippen molar-refractivity contribution < 1.29 is 14.7 Å². The molecule has 1 unspecified atom stereocenters. The minimum atomic E-state index is -1.03. The topological polar surface area (TPSA) is 78.4 Å². The van der Waals surface area contributed by atoms with E-state index in [0.717, 1.165) is 5.56 Å². The summed E-state index contributed by atoms with van der Waals surface area (Å²) in [7, 11) is 0. The van der Waals surface area contributed by atoms with Gasteiger partial charge >= 0.3 is 12.0 Å². The van der Waals surface area contributed by atoms with Crippen molar-refractivity contribution in [2.45, 2.75) is 25.8 Å². The van der Waals surface area contributed by atoms with Crippen LogP contribution in [0.15, 0.2) is 30.3 Å². The summed E-state index contributed by atoms with van der Waals surface area (Å²) in [6, 6.07) is 8.02. The standard InChI is InChI=1S/C15H18N2O3/c1-2-7-13(14(18)19)17-15(20)16-11-6-10-12-8-4-3-5-9-12/h3-5,8-9,13H,2,7,11H2,1H3,(H,18,19)(H2,16,17,20). The van der Waals surface area contributed by atoms with Gasteiger partial charge in [-0.2, -0.15) is 0 Å². The van der Waals surface area contributed by atoms with Crippen molar-refractivity contribution in [1.82, 2.24) is 10.6 Å². The van der Waals surface area contributed by atoms with Crippen molar-refractivity contribution in [3.8, 4) is 11.8 Å². The Morgan fingerprint density at radius 3 is 2.60 bits per heavy atom. The minimum Gasteiger partial charge on any atom is -0.480 e. The smallest absolute Gasteiger partial charge is 0.326 e. The number of aliphatic carboxylic acids is 1. The summed E-state index contributed by atoms with van der Waals surface area (Å²) in [4.78, 5) is 22.4. The summed E-state index contributed by atoms with van der Waals surface area (Å²) in [6.07, 6.45) is 1.09. The van der Waals surface area contributed by atoms with E-state index in [1.807, 2.05) is 37.3 Å². The van der Waals surface area contributed by atoms with E-state index < -0.39 is 18.0 Å². The first kappa shape index (κ1) is 15.6. The Bertz CT molecular complexity index is 503. The van der Waals surface area contributed by atoms with Gasteiger partial charge in [-0.25, -0.2) is 9.59 Å². The van der Waals surface area contributed by atoms with E-state index in [4.69, 9.17) is 5.11 Å². The SMILES string of the molecule is CCCC(NC(=O)NCC#Cc1ccccc1)C(=O)O. The maximum absolute atomic E-state index is 11.5. The molecule has 106 valence electrons. The van der Waals surface area contributed by atoms with Crippen molar-refractivity contribution >= 4 is 12.0 Å². The number of carboxylic acids is 1. The van der Waals surface area contributed by atoms with Crippen molar-refractivity contribution in [3.05, 3.63) is 35.9 Å². The van der Waals surface area contributed by atoms with Gasteiger partial charge in [-0.15, -0.1) is 0 Å². The Labute approximate surface area is 118 Å². The number of carboxylic acid groups (broad SMARTS) is 1. The molecule has 0 radical (unpaired) electrons. The van der Waals surface area contributed by atoms with Crippen molar-refractivity contribution in [2.24, 2.45) is 0 Å². The second-order valence-electron chi connectivity index (χ2n) is 4.17. The zero-order valence-corrected chi connectivity index (χ0v) is 11.3. The van der Waals surface area contributed by atoms with Crippen LogP contribution in [-0.4, -0.2) is 29.7 Å². The first-order valence-electron chi connectivity index (χ1n) is 6.44. The second-order valence-corrected chi connectivity index (χ2v) is 4.17. The Morgan fingerprint density at radius 1 is 1.30 bits per heavy atom. The quantitative estimate of drug-likeness (QED) is 0.713.